The van der Waals surface area contributed by atoms with Gasteiger partial charge >= 0.3 is 0 Å². The number of benzene rings is 2. The molecule has 0 saturated heterocycles. The molecule has 0 heterocycles. The van der Waals surface area contributed by atoms with Crippen molar-refractivity contribution in [1.82, 2.24) is 5.32 Å². The van der Waals surface area contributed by atoms with Crippen LogP contribution in [0.4, 0.5) is 4.39 Å². The summed E-state index contributed by atoms with van der Waals surface area (Å²) in [6.45, 7) is 1.90. The lowest BCUT2D eigenvalue weighted by molar-refractivity contribution is 0.570. The molecule has 3 atom stereocenters. The van der Waals surface area contributed by atoms with Crippen LogP contribution in [0.1, 0.15) is 18.5 Å². The van der Waals surface area contributed by atoms with Gasteiger partial charge in [-0.25, -0.2) is 4.39 Å². The maximum Gasteiger partial charge on any atom is 0.141 e. The average Bonchev–Trinajstić information content (AvgIpc) is 2.51. The third kappa shape index (κ3) is 3.70. The van der Waals surface area contributed by atoms with Crippen LogP contribution < -0.4 is 5.32 Å². The number of rotatable bonds is 5. The van der Waals surface area contributed by atoms with Crippen LogP contribution in [-0.2, 0) is 10.8 Å². The SMILES string of the molecule is CNC(c1ccccc1)C(C)S(=O)c1ccc(F)c(Cl)c1. The molecule has 0 aliphatic carbocycles. The number of hydrogen-bond donors (Lipinski definition) is 1. The van der Waals surface area contributed by atoms with Crippen LogP contribution in [0.3, 0.4) is 0 Å². The van der Waals surface area contributed by atoms with Crippen LogP contribution in [0, 0.1) is 5.82 Å². The highest BCUT2D eigenvalue weighted by Gasteiger charge is 2.24. The molecule has 21 heavy (non-hydrogen) atoms. The summed E-state index contributed by atoms with van der Waals surface area (Å²) in [5, 5.41) is 3.01. The van der Waals surface area contributed by atoms with Crippen LogP contribution in [0.25, 0.3) is 0 Å². The molecule has 2 aromatic rings. The van der Waals surface area contributed by atoms with Crippen molar-refractivity contribution in [1.29, 1.82) is 0 Å². The van der Waals surface area contributed by atoms with Crippen molar-refractivity contribution in [2.75, 3.05) is 7.05 Å². The lowest BCUT2D eigenvalue weighted by Crippen LogP contribution is -2.30. The first-order valence-electron chi connectivity index (χ1n) is 6.62. The zero-order chi connectivity index (χ0) is 15.4. The summed E-state index contributed by atoms with van der Waals surface area (Å²) in [4.78, 5) is 0.532. The van der Waals surface area contributed by atoms with Gasteiger partial charge in [0.2, 0.25) is 0 Å². The van der Waals surface area contributed by atoms with Crippen molar-refractivity contribution in [3.63, 3.8) is 0 Å². The third-order valence-electron chi connectivity index (χ3n) is 3.40. The monoisotopic (exact) mass is 325 g/mol. The molecule has 1 N–H and O–H groups in total. The second-order valence-electron chi connectivity index (χ2n) is 4.76. The quantitative estimate of drug-likeness (QED) is 0.902. The summed E-state index contributed by atoms with van der Waals surface area (Å²) in [7, 11) is 0.546. The van der Waals surface area contributed by atoms with Crippen LogP contribution in [0.5, 0.6) is 0 Å². The summed E-state index contributed by atoms with van der Waals surface area (Å²) < 4.78 is 25.9. The number of nitrogens with one attached hydrogen (secondary N) is 1. The van der Waals surface area contributed by atoms with Gasteiger partial charge in [0.25, 0.3) is 0 Å². The fourth-order valence-electron chi connectivity index (χ4n) is 2.27. The Bertz CT molecular complexity index is 635. The Balaban J connectivity index is 2.26. The van der Waals surface area contributed by atoms with Gasteiger partial charge < -0.3 is 5.32 Å². The molecular formula is C16H17ClFNOS. The van der Waals surface area contributed by atoms with Crippen molar-refractivity contribution in [2.24, 2.45) is 0 Å². The van der Waals surface area contributed by atoms with Gasteiger partial charge in [0, 0.05) is 10.9 Å². The predicted octanol–water partition coefficient (Wildman–Crippen LogP) is 3.94. The molecule has 2 aromatic carbocycles. The minimum Gasteiger partial charge on any atom is -0.312 e. The van der Waals surface area contributed by atoms with E-state index in [-0.39, 0.29) is 16.3 Å². The molecule has 0 aromatic heterocycles. The Morgan fingerprint density at radius 3 is 2.43 bits per heavy atom. The standard InChI is InChI=1S/C16H17ClFNOS/c1-11(16(19-2)12-6-4-3-5-7-12)21(20)13-8-9-15(18)14(17)10-13/h3-11,16,19H,1-2H3. The topological polar surface area (TPSA) is 29.1 Å². The minimum absolute atomic E-state index is 0.00577. The van der Waals surface area contributed by atoms with Crippen molar-refractivity contribution in [3.8, 4) is 0 Å². The molecular weight excluding hydrogens is 309 g/mol. The van der Waals surface area contributed by atoms with E-state index in [1.807, 2.05) is 44.3 Å². The predicted molar refractivity (Wildman–Crippen MR) is 85.5 cm³/mol. The van der Waals surface area contributed by atoms with Crippen molar-refractivity contribution >= 4 is 22.4 Å². The molecule has 0 saturated carbocycles. The van der Waals surface area contributed by atoms with Crippen LogP contribution in [-0.4, -0.2) is 16.5 Å². The molecule has 0 radical (unpaired) electrons. The molecule has 0 bridgehead atoms. The van der Waals surface area contributed by atoms with Gasteiger partial charge in [-0.3, -0.25) is 4.21 Å². The van der Waals surface area contributed by atoms with E-state index in [1.54, 1.807) is 0 Å². The molecule has 3 unspecified atom stereocenters. The van der Waals surface area contributed by atoms with Gasteiger partial charge in [0.15, 0.2) is 0 Å². The lowest BCUT2D eigenvalue weighted by Gasteiger charge is -2.23. The van der Waals surface area contributed by atoms with Crippen LogP contribution >= 0.6 is 11.6 Å². The Kier molecular flexibility index (Phi) is 5.51. The van der Waals surface area contributed by atoms with Crippen molar-refractivity contribution in [2.45, 2.75) is 23.1 Å². The molecule has 0 amide bonds. The van der Waals surface area contributed by atoms with E-state index in [4.69, 9.17) is 11.6 Å². The van der Waals surface area contributed by atoms with Crippen molar-refractivity contribution < 1.29 is 8.60 Å². The summed E-state index contributed by atoms with van der Waals surface area (Å²) in [6.07, 6.45) is 0. The Labute approximate surface area is 131 Å². The molecule has 0 aliphatic heterocycles. The number of halogens is 2. The number of hydrogen-bond acceptors (Lipinski definition) is 2. The normalized spacial score (nSPS) is 15.4. The molecule has 5 heteroatoms. The fourth-order valence-corrected chi connectivity index (χ4v) is 3.92. The first-order chi connectivity index (χ1) is 10.0. The van der Waals surface area contributed by atoms with Crippen molar-refractivity contribution in [3.05, 3.63) is 64.9 Å². The molecule has 0 fully saturated rings. The smallest absolute Gasteiger partial charge is 0.141 e. The maximum absolute atomic E-state index is 13.2. The van der Waals surface area contributed by atoms with E-state index in [9.17, 15) is 8.60 Å². The Morgan fingerprint density at radius 1 is 1.19 bits per heavy atom. The molecule has 2 rings (SSSR count). The minimum atomic E-state index is -1.29. The highest BCUT2D eigenvalue weighted by molar-refractivity contribution is 7.85. The van der Waals surface area contributed by atoms with E-state index in [1.165, 1.54) is 18.2 Å². The molecule has 0 spiro atoms. The molecule has 0 aliphatic rings. The van der Waals surface area contributed by atoms with Gasteiger partial charge in [-0.2, -0.15) is 0 Å². The first kappa shape index (κ1) is 16.1. The highest BCUT2D eigenvalue weighted by Crippen LogP contribution is 2.26. The zero-order valence-electron chi connectivity index (χ0n) is 11.8. The Morgan fingerprint density at radius 2 is 1.86 bits per heavy atom. The summed E-state index contributed by atoms with van der Waals surface area (Å²) in [5.74, 6) is -0.502. The zero-order valence-corrected chi connectivity index (χ0v) is 13.4. The van der Waals surface area contributed by atoms with Crippen LogP contribution in [0.2, 0.25) is 5.02 Å². The van der Waals surface area contributed by atoms with E-state index >= 15 is 0 Å². The molecule has 112 valence electrons. The Hall–Kier alpha value is -1.23. The third-order valence-corrected chi connectivity index (χ3v) is 5.36. The first-order valence-corrected chi connectivity index (χ1v) is 8.21. The van der Waals surface area contributed by atoms with E-state index in [2.05, 4.69) is 5.32 Å². The van der Waals surface area contributed by atoms with Gasteiger partial charge in [-0.1, -0.05) is 41.9 Å². The van der Waals surface area contributed by atoms with Gasteiger partial charge in [0.1, 0.15) is 5.82 Å². The van der Waals surface area contributed by atoms with Crippen LogP contribution in [0.15, 0.2) is 53.4 Å². The van der Waals surface area contributed by atoms with Gasteiger partial charge in [-0.05, 0) is 37.7 Å². The second kappa shape index (κ2) is 7.16. The fraction of sp³-hybridized carbons (Fsp3) is 0.250. The lowest BCUT2D eigenvalue weighted by atomic mass is 10.0. The van der Waals surface area contributed by atoms with E-state index in [0.29, 0.717) is 4.90 Å². The summed E-state index contributed by atoms with van der Waals surface area (Å²) in [6, 6.07) is 14.0. The summed E-state index contributed by atoms with van der Waals surface area (Å²) in [5.41, 5.74) is 1.06. The molecule has 2 nitrogen and oxygen atoms in total. The van der Waals surface area contributed by atoms with E-state index in [0.717, 1.165) is 5.56 Å². The largest absolute Gasteiger partial charge is 0.312 e. The highest BCUT2D eigenvalue weighted by atomic mass is 35.5. The summed E-state index contributed by atoms with van der Waals surface area (Å²) >= 11 is 5.77. The average molecular weight is 326 g/mol. The van der Waals surface area contributed by atoms with Gasteiger partial charge in [0.05, 0.1) is 21.1 Å². The maximum atomic E-state index is 13.2. The van der Waals surface area contributed by atoms with Gasteiger partial charge in [-0.15, -0.1) is 0 Å². The van der Waals surface area contributed by atoms with E-state index < -0.39 is 16.6 Å². The second-order valence-corrected chi connectivity index (χ2v) is 6.97.